The van der Waals surface area contributed by atoms with E-state index in [2.05, 4.69) is 15.1 Å². The van der Waals surface area contributed by atoms with E-state index in [9.17, 15) is 8.42 Å². The summed E-state index contributed by atoms with van der Waals surface area (Å²) in [4.78, 5) is 0.202. The minimum Gasteiger partial charge on any atom is -0.377 e. The lowest BCUT2D eigenvalue weighted by atomic mass is 10.2. The number of rotatable bonds is 7. The molecule has 0 aromatic carbocycles. The quantitative estimate of drug-likeness (QED) is 0.690. The van der Waals surface area contributed by atoms with Crippen LogP contribution in [-0.4, -0.2) is 50.0 Å². The zero-order chi connectivity index (χ0) is 14.6. The first kappa shape index (κ1) is 15.4. The molecule has 0 saturated carbocycles. The molecular formula is C12H22N4O3S. The molecule has 1 fully saturated rings. The highest BCUT2D eigenvalue weighted by Gasteiger charge is 2.29. The first-order valence-electron chi connectivity index (χ1n) is 6.90. The SMILES string of the molecule is CCNCCn1cc(S(=O)(=O)NC2CCOC2C)cn1. The standard InChI is InChI=1S/C12H22N4O3S/c1-3-13-5-6-16-9-11(8-14-16)20(17,18)15-12-4-7-19-10(12)2/h8-10,12-13,15H,3-7H2,1-2H3. The van der Waals surface area contributed by atoms with Crippen LogP contribution in [0.3, 0.4) is 0 Å². The molecule has 0 bridgehead atoms. The van der Waals surface area contributed by atoms with E-state index in [4.69, 9.17) is 4.74 Å². The van der Waals surface area contributed by atoms with Gasteiger partial charge in [0.1, 0.15) is 4.90 Å². The van der Waals surface area contributed by atoms with Crippen molar-refractivity contribution < 1.29 is 13.2 Å². The Morgan fingerprint density at radius 2 is 2.35 bits per heavy atom. The van der Waals surface area contributed by atoms with E-state index in [0.29, 0.717) is 19.6 Å². The van der Waals surface area contributed by atoms with Crippen LogP contribution in [0.1, 0.15) is 20.3 Å². The Balaban J connectivity index is 1.98. The van der Waals surface area contributed by atoms with Gasteiger partial charge in [-0.25, -0.2) is 13.1 Å². The predicted molar refractivity (Wildman–Crippen MR) is 74.9 cm³/mol. The molecule has 2 atom stereocenters. The zero-order valence-electron chi connectivity index (χ0n) is 11.9. The van der Waals surface area contributed by atoms with E-state index in [1.807, 2.05) is 13.8 Å². The second kappa shape index (κ2) is 6.66. The Bertz CT molecular complexity index is 529. The van der Waals surface area contributed by atoms with Crippen LogP contribution in [0, 0.1) is 0 Å². The molecule has 2 rings (SSSR count). The zero-order valence-corrected chi connectivity index (χ0v) is 12.7. The van der Waals surface area contributed by atoms with Crippen molar-refractivity contribution in [2.75, 3.05) is 19.7 Å². The monoisotopic (exact) mass is 302 g/mol. The average Bonchev–Trinajstić information content (AvgIpc) is 3.00. The van der Waals surface area contributed by atoms with Crippen molar-refractivity contribution in [2.24, 2.45) is 0 Å². The summed E-state index contributed by atoms with van der Waals surface area (Å²) in [5.74, 6) is 0. The van der Waals surface area contributed by atoms with Crippen LogP contribution in [0.5, 0.6) is 0 Å². The summed E-state index contributed by atoms with van der Waals surface area (Å²) in [5.41, 5.74) is 0. The molecule has 114 valence electrons. The topological polar surface area (TPSA) is 85.2 Å². The second-order valence-electron chi connectivity index (χ2n) is 4.89. The predicted octanol–water partition coefficient (Wildman–Crippen LogP) is -0.0517. The lowest BCUT2D eigenvalue weighted by Crippen LogP contribution is -2.38. The summed E-state index contributed by atoms with van der Waals surface area (Å²) >= 11 is 0. The number of nitrogens with zero attached hydrogens (tertiary/aromatic N) is 2. The van der Waals surface area contributed by atoms with E-state index >= 15 is 0 Å². The summed E-state index contributed by atoms with van der Waals surface area (Å²) in [6.07, 6.45) is 3.55. The normalized spacial score (nSPS) is 23.3. The molecule has 1 aromatic rings. The Hall–Kier alpha value is -0.960. The van der Waals surface area contributed by atoms with Crippen LogP contribution >= 0.6 is 0 Å². The molecule has 2 heterocycles. The van der Waals surface area contributed by atoms with Crippen molar-refractivity contribution in [3.8, 4) is 0 Å². The third kappa shape index (κ3) is 3.78. The molecule has 0 radical (unpaired) electrons. The molecule has 8 heteroatoms. The van der Waals surface area contributed by atoms with Gasteiger partial charge in [0.25, 0.3) is 0 Å². The summed E-state index contributed by atoms with van der Waals surface area (Å²) in [5, 5.41) is 7.24. The van der Waals surface area contributed by atoms with Crippen LogP contribution in [-0.2, 0) is 21.3 Å². The maximum absolute atomic E-state index is 12.2. The van der Waals surface area contributed by atoms with Crippen molar-refractivity contribution in [3.63, 3.8) is 0 Å². The van der Waals surface area contributed by atoms with Crippen LogP contribution in [0.15, 0.2) is 17.3 Å². The first-order valence-corrected chi connectivity index (χ1v) is 8.38. The number of hydrogen-bond donors (Lipinski definition) is 2. The van der Waals surface area contributed by atoms with Gasteiger partial charge in [0.2, 0.25) is 10.0 Å². The van der Waals surface area contributed by atoms with Gasteiger partial charge in [0, 0.05) is 19.3 Å². The molecule has 2 N–H and O–H groups in total. The average molecular weight is 302 g/mol. The fourth-order valence-electron chi connectivity index (χ4n) is 2.13. The number of sulfonamides is 1. The molecule has 20 heavy (non-hydrogen) atoms. The van der Waals surface area contributed by atoms with Gasteiger partial charge in [-0.1, -0.05) is 6.92 Å². The molecule has 2 unspecified atom stereocenters. The van der Waals surface area contributed by atoms with Gasteiger partial charge in [0.15, 0.2) is 0 Å². The third-order valence-corrected chi connectivity index (χ3v) is 4.81. The van der Waals surface area contributed by atoms with E-state index in [0.717, 1.165) is 13.1 Å². The molecule has 1 aliphatic heterocycles. The summed E-state index contributed by atoms with van der Waals surface area (Å²) in [7, 11) is -3.52. The summed E-state index contributed by atoms with van der Waals surface area (Å²) in [6, 6.07) is -0.162. The number of hydrogen-bond acceptors (Lipinski definition) is 5. The molecule has 7 nitrogen and oxygen atoms in total. The van der Waals surface area contributed by atoms with Crippen molar-refractivity contribution in [2.45, 2.75) is 43.9 Å². The first-order chi connectivity index (χ1) is 9.53. The van der Waals surface area contributed by atoms with Crippen molar-refractivity contribution in [3.05, 3.63) is 12.4 Å². The second-order valence-corrected chi connectivity index (χ2v) is 6.60. The highest BCUT2D eigenvalue weighted by Crippen LogP contribution is 2.16. The Morgan fingerprint density at radius 3 is 3.00 bits per heavy atom. The van der Waals surface area contributed by atoms with Gasteiger partial charge in [-0.2, -0.15) is 5.10 Å². The molecule has 0 aliphatic carbocycles. The van der Waals surface area contributed by atoms with Crippen molar-refractivity contribution in [1.29, 1.82) is 0 Å². The molecule has 1 aromatic heterocycles. The van der Waals surface area contributed by atoms with E-state index in [1.54, 1.807) is 10.9 Å². The van der Waals surface area contributed by atoms with E-state index in [-0.39, 0.29) is 17.0 Å². The highest BCUT2D eigenvalue weighted by molar-refractivity contribution is 7.89. The highest BCUT2D eigenvalue weighted by atomic mass is 32.2. The van der Waals surface area contributed by atoms with Gasteiger partial charge in [-0.05, 0) is 19.9 Å². The fourth-order valence-corrected chi connectivity index (χ4v) is 3.42. The number of likely N-dealkylation sites (N-methyl/N-ethyl adjacent to an activating group) is 1. The van der Waals surface area contributed by atoms with E-state index in [1.165, 1.54) is 6.20 Å². The Kier molecular flexibility index (Phi) is 5.14. The third-order valence-electron chi connectivity index (χ3n) is 3.37. The summed E-state index contributed by atoms with van der Waals surface area (Å²) in [6.45, 7) is 6.78. The minimum atomic E-state index is -3.52. The van der Waals surface area contributed by atoms with Crippen LogP contribution < -0.4 is 10.0 Å². The Morgan fingerprint density at radius 1 is 1.55 bits per heavy atom. The van der Waals surface area contributed by atoms with Gasteiger partial charge < -0.3 is 10.1 Å². The molecule has 0 spiro atoms. The molecular weight excluding hydrogens is 280 g/mol. The summed E-state index contributed by atoms with van der Waals surface area (Å²) < 4.78 is 34.2. The molecule has 1 aliphatic rings. The van der Waals surface area contributed by atoms with Crippen molar-refractivity contribution in [1.82, 2.24) is 19.8 Å². The van der Waals surface area contributed by atoms with Crippen molar-refractivity contribution >= 4 is 10.0 Å². The van der Waals surface area contributed by atoms with Crippen LogP contribution in [0.4, 0.5) is 0 Å². The van der Waals surface area contributed by atoms with Gasteiger partial charge in [-0.15, -0.1) is 0 Å². The smallest absolute Gasteiger partial charge is 0.244 e. The van der Waals surface area contributed by atoms with E-state index < -0.39 is 10.0 Å². The van der Waals surface area contributed by atoms with Crippen LogP contribution in [0.25, 0.3) is 0 Å². The van der Waals surface area contributed by atoms with Gasteiger partial charge in [-0.3, -0.25) is 4.68 Å². The van der Waals surface area contributed by atoms with Gasteiger partial charge in [0.05, 0.1) is 24.9 Å². The lowest BCUT2D eigenvalue weighted by Gasteiger charge is -2.15. The Labute approximate surface area is 119 Å². The lowest BCUT2D eigenvalue weighted by molar-refractivity contribution is 0.117. The van der Waals surface area contributed by atoms with Crippen LogP contribution in [0.2, 0.25) is 0 Å². The van der Waals surface area contributed by atoms with Gasteiger partial charge >= 0.3 is 0 Å². The fraction of sp³-hybridized carbons (Fsp3) is 0.750. The minimum absolute atomic E-state index is 0.0893. The number of nitrogens with one attached hydrogen (secondary N) is 2. The molecule has 1 saturated heterocycles. The number of aromatic nitrogens is 2. The maximum atomic E-state index is 12.2. The number of ether oxygens (including phenoxy) is 1. The largest absolute Gasteiger partial charge is 0.377 e. The molecule has 0 amide bonds. The maximum Gasteiger partial charge on any atom is 0.244 e.